The highest BCUT2D eigenvalue weighted by Gasteiger charge is 2.07. The smallest absolute Gasteiger partial charge is 0.251 e. The van der Waals surface area contributed by atoms with E-state index in [9.17, 15) is 13.2 Å². The van der Waals surface area contributed by atoms with Crippen molar-refractivity contribution in [1.82, 2.24) is 5.32 Å². The van der Waals surface area contributed by atoms with Crippen LogP contribution in [0.4, 0.5) is 5.69 Å². The summed E-state index contributed by atoms with van der Waals surface area (Å²) in [5, 5.41) is 2.77. The van der Waals surface area contributed by atoms with Crippen molar-refractivity contribution in [1.29, 1.82) is 0 Å². The van der Waals surface area contributed by atoms with Gasteiger partial charge in [-0.2, -0.15) is 0 Å². The summed E-state index contributed by atoms with van der Waals surface area (Å²) in [4.78, 5) is 12.1. The Morgan fingerprint density at radius 1 is 1.08 bits per heavy atom. The number of carbonyl (C=O) groups excluding carboxylic acids is 1. The summed E-state index contributed by atoms with van der Waals surface area (Å²) in [5.41, 5.74) is 3.11. The van der Waals surface area contributed by atoms with Crippen LogP contribution < -0.4 is 14.8 Å². The van der Waals surface area contributed by atoms with Crippen molar-refractivity contribution < 1.29 is 17.9 Å². The number of nitrogens with one attached hydrogen (secondary N) is 2. The largest absolute Gasteiger partial charge is 0.491 e. The van der Waals surface area contributed by atoms with Gasteiger partial charge in [0.05, 0.1) is 12.8 Å². The average molecular weight is 362 g/mol. The molecule has 0 fully saturated rings. The molecule has 2 rings (SSSR count). The second-order valence-electron chi connectivity index (χ2n) is 5.75. The van der Waals surface area contributed by atoms with Gasteiger partial charge < -0.3 is 10.1 Å². The van der Waals surface area contributed by atoms with Crippen LogP contribution in [0, 0.1) is 13.8 Å². The lowest BCUT2D eigenvalue weighted by molar-refractivity contribution is 0.0947. The first kappa shape index (κ1) is 18.8. The molecule has 7 heteroatoms. The molecule has 2 aromatic carbocycles. The van der Waals surface area contributed by atoms with Crippen molar-refractivity contribution in [3.63, 3.8) is 0 Å². The summed E-state index contributed by atoms with van der Waals surface area (Å²) >= 11 is 0. The Morgan fingerprint density at radius 3 is 2.40 bits per heavy atom. The molecular weight excluding hydrogens is 340 g/mol. The molecule has 0 spiro atoms. The van der Waals surface area contributed by atoms with E-state index in [4.69, 9.17) is 4.74 Å². The summed E-state index contributed by atoms with van der Waals surface area (Å²) in [6, 6.07) is 12.1. The Labute approximate surface area is 148 Å². The number of sulfonamides is 1. The second kappa shape index (κ2) is 8.02. The molecule has 0 unspecified atom stereocenters. The molecule has 0 aliphatic rings. The topological polar surface area (TPSA) is 84.5 Å². The zero-order valence-corrected chi connectivity index (χ0v) is 15.3. The number of ether oxygens (including phenoxy) is 1. The Bertz CT molecular complexity index is 846. The van der Waals surface area contributed by atoms with Crippen LogP contribution in [-0.2, 0) is 10.0 Å². The maximum Gasteiger partial charge on any atom is 0.251 e. The first-order chi connectivity index (χ1) is 11.8. The Kier molecular flexibility index (Phi) is 6.03. The third-order valence-electron chi connectivity index (χ3n) is 3.65. The van der Waals surface area contributed by atoms with E-state index < -0.39 is 10.0 Å². The molecule has 6 nitrogen and oxygen atoms in total. The number of amides is 1. The van der Waals surface area contributed by atoms with Gasteiger partial charge in [-0.15, -0.1) is 0 Å². The molecule has 0 aliphatic carbocycles. The third kappa shape index (κ3) is 5.79. The minimum atomic E-state index is -3.33. The fraction of sp³-hybridized carbons (Fsp3) is 0.278. The average Bonchev–Trinajstić information content (AvgIpc) is 2.54. The van der Waals surface area contributed by atoms with Crippen molar-refractivity contribution in [2.45, 2.75) is 13.8 Å². The van der Waals surface area contributed by atoms with E-state index in [0.29, 0.717) is 24.4 Å². The highest BCUT2D eigenvalue weighted by atomic mass is 32.2. The Balaban J connectivity index is 1.83. The van der Waals surface area contributed by atoms with E-state index in [1.165, 1.54) is 0 Å². The summed E-state index contributed by atoms with van der Waals surface area (Å²) < 4.78 is 30.3. The van der Waals surface area contributed by atoms with E-state index in [1.807, 2.05) is 32.0 Å². The van der Waals surface area contributed by atoms with Crippen LogP contribution in [0.3, 0.4) is 0 Å². The minimum Gasteiger partial charge on any atom is -0.491 e. The molecule has 0 saturated heterocycles. The zero-order chi connectivity index (χ0) is 18.4. The lowest BCUT2D eigenvalue weighted by Crippen LogP contribution is -2.28. The summed E-state index contributed by atoms with van der Waals surface area (Å²) in [6.45, 7) is 4.75. The molecule has 0 bridgehead atoms. The van der Waals surface area contributed by atoms with Crippen molar-refractivity contribution in [3.05, 3.63) is 59.2 Å². The van der Waals surface area contributed by atoms with E-state index in [0.717, 1.165) is 23.1 Å². The molecular formula is C18H22N2O4S. The van der Waals surface area contributed by atoms with E-state index in [1.54, 1.807) is 24.3 Å². The van der Waals surface area contributed by atoms with Crippen LogP contribution in [0.1, 0.15) is 21.5 Å². The van der Waals surface area contributed by atoms with Gasteiger partial charge in [0, 0.05) is 11.3 Å². The van der Waals surface area contributed by atoms with E-state index in [-0.39, 0.29) is 5.91 Å². The number of carbonyl (C=O) groups is 1. The van der Waals surface area contributed by atoms with Crippen molar-refractivity contribution in [2.24, 2.45) is 0 Å². The fourth-order valence-electron chi connectivity index (χ4n) is 2.21. The van der Waals surface area contributed by atoms with Crippen LogP contribution in [-0.4, -0.2) is 33.7 Å². The number of rotatable bonds is 7. The molecule has 0 atom stereocenters. The molecule has 25 heavy (non-hydrogen) atoms. The molecule has 0 aliphatic heterocycles. The number of aryl methyl sites for hydroxylation is 1. The molecule has 0 heterocycles. The quantitative estimate of drug-likeness (QED) is 0.741. The molecule has 2 aromatic rings. The summed E-state index contributed by atoms with van der Waals surface area (Å²) in [6.07, 6.45) is 1.07. The number of hydrogen-bond acceptors (Lipinski definition) is 4. The maximum atomic E-state index is 12.1. The predicted octanol–water partition coefficient (Wildman–Crippen LogP) is 2.48. The van der Waals surface area contributed by atoms with Gasteiger partial charge >= 0.3 is 0 Å². The standard InChI is InChI=1S/C18H22N2O4S/c1-13-5-4-6-17(14(13)2)24-12-11-19-18(21)15-7-9-16(10-8-15)20-25(3,22)23/h4-10,20H,11-12H2,1-3H3,(H,19,21). The normalized spacial score (nSPS) is 11.0. The fourth-order valence-corrected chi connectivity index (χ4v) is 2.78. The van der Waals surface area contributed by atoms with Gasteiger partial charge in [0.2, 0.25) is 10.0 Å². The van der Waals surface area contributed by atoms with E-state index in [2.05, 4.69) is 10.0 Å². The molecule has 1 amide bonds. The maximum absolute atomic E-state index is 12.1. The van der Waals surface area contributed by atoms with Crippen molar-refractivity contribution >= 4 is 21.6 Å². The summed E-state index contributed by atoms with van der Waals surface area (Å²) in [5.74, 6) is 0.570. The van der Waals surface area contributed by atoms with Crippen LogP contribution in [0.2, 0.25) is 0 Å². The molecule has 0 aromatic heterocycles. The minimum absolute atomic E-state index is 0.240. The number of benzene rings is 2. The number of anilines is 1. The van der Waals surface area contributed by atoms with Gasteiger partial charge in [0.1, 0.15) is 12.4 Å². The zero-order valence-electron chi connectivity index (χ0n) is 14.5. The molecule has 0 radical (unpaired) electrons. The van der Waals surface area contributed by atoms with E-state index >= 15 is 0 Å². The monoisotopic (exact) mass is 362 g/mol. The van der Waals surface area contributed by atoms with Gasteiger partial charge in [-0.1, -0.05) is 12.1 Å². The lowest BCUT2D eigenvalue weighted by Gasteiger charge is -2.11. The highest BCUT2D eigenvalue weighted by molar-refractivity contribution is 7.92. The van der Waals surface area contributed by atoms with Gasteiger partial charge in [0.15, 0.2) is 0 Å². The SMILES string of the molecule is Cc1cccc(OCCNC(=O)c2ccc(NS(C)(=O)=O)cc2)c1C. The highest BCUT2D eigenvalue weighted by Crippen LogP contribution is 2.20. The van der Waals surface area contributed by atoms with Crippen LogP contribution in [0.25, 0.3) is 0 Å². The molecule has 134 valence electrons. The number of hydrogen-bond donors (Lipinski definition) is 2. The van der Waals surface area contributed by atoms with Crippen molar-refractivity contribution in [2.75, 3.05) is 24.1 Å². The Morgan fingerprint density at radius 2 is 1.76 bits per heavy atom. The third-order valence-corrected chi connectivity index (χ3v) is 4.26. The summed E-state index contributed by atoms with van der Waals surface area (Å²) in [7, 11) is -3.33. The van der Waals surface area contributed by atoms with Crippen molar-refractivity contribution in [3.8, 4) is 5.75 Å². The molecule has 0 saturated carbocycles. The first-order valence-electron chi connectivity index (χ1n) is 7.81. The predicted molar refractivity (Wildman–Crippen MR) is 98.7 cm³/mol. The van der Waals surface area contributed by atoms with Crippen LogP contribution >= 0.6 is 0 Å². The Hall–Kier alpha value is -2.54. The first-order valence-corrected chi connectivity index (χ1v) is 9.70. The van der Waals surface area contributed by atoms with Crippen LogP contribution in [0.15, 0.2) is 42.5 Å². The molecule has 2 N–H and O–H groups in total. The van der Waals surface area contributed by atoms with Gasteiger partial charge in [-0.05, 0) is 55.3 Å². The van der Waals surface area contributed by atoms with Gasteiger partial charge in [-0.25, -0.2) is 8.42 Å². The van der Waals surface area contributed by atoms with Crippen LogP contribution in [0.5, 0.6) is 5.75 Å². The van der Waals surface area contributed by atoms with Gasteiger partial charge in [-0.3, -0.25) is 9.52 Å². The van der Waals surface area contributed by atoms with Gasteiger partial charge in [0.25, 0.3) is 5.91 Å². The lowest BCUT2D eigenvalue weighted by atomic mass is 10.1. The second-order valence-corrected chi connectivity index (χ2v) is 7.50.